The molecule has 0 fully saturated rings. The zero-order valence-electron chi connectivity index (χ0n) is 4.26. The average molecular weight is 205 g/mol. The average Bonchev–Trinajstić information content (AvgIpc) is 1.69. The van der Waals surface area contributed by atoms with Crippen LogP contribution in [0.4, 0.5) is 0 Å². The summed E-state index contributed by atoms with van der Waals surface area (Å²) < 4.78 is 1.13. The Bertz CT molecular complexity index is 138. The van der Waals surface area contributed by atoms with Crippen molar-refractivity contribution in [3.63, 3.8) is 0 Å². The maximum absolute atomic E-state index is 3.31. The topological polar surface area (TPSA) is 0 Å². The molecule has 0 saturated heterocycles. The number of halogens is 1. The SMILES string of the molecule is Brc1ccccc1.[Ti]. The Morgan fingerprint density at radius 1 is 1.00 bits per heavy atom. The van der Waals surface area contributed by atoms with Crippen LogP contribution in [0.25, 0.3) is 0 Å². The molecule has 0 amide bonds. The molecule has 0 atom stereocenters. The molecule has 1 aromatic rings. The minimum absolute atomic E-state index is 0. The molecule has 0 saturated carbocycles. The van der Waals surface area contributed by atoms with E-state index in [1.807, 2.05) is 30.3 Å². The van der Waals surface area contributed by atoms with Gasteiger partial charge in [-0.2, -0.15) is 0 Å². The van der Waals surface area contributed by atoms with Crippen molar-refractivity contribution in [1.29, 1.82) is 0 Å². The molecule has 0 heterocycles. The van der Waals surface area contributed by atoms with E-state index in [-0.39, 0.29) is 21.7 Å². The summed E-state index contributed by atoms with van der Waals surface area (Å²) in [5.41, 5.74) is 0. The van der Waals surface area contributed by atoms with Crippen LogP contribution in [-0.2, 0) is 21.7 Å². The number of rotatable bonds is 0. The van der Waals surface area contributed by atoms with E-state index >= 15 is 0 Å². The van der Waals surface area contributed by atoms with Gasteiger partial charge in [0, 0.05) is 26.2 Å². The van der Waals surface area contributed by atoms with Crippen LogP contribution < -0.4 is 0 Å². The molecule has 0 spiro atoms. The quantitative estimate of drug-likeness (QED) is 0.570. The van der Waals surface area contributed by atoms with E-state index in [1.165, 1.54) is 0 Å². The molecular weight excluding hydrogens is 200 g/mol. The van der Waals surface area contributed by atoms with Gasteiger partial charge in [-0.15, -0.1) is 0 Å². The molecule has 0 unspecified atom stereocenters. The largest absolute Gasteiger partial charge is 0.0622 e. The molecular formula is C6H5BrTi. The van der Waals surface area contributed by atoms with Crippen molar-refractivity contribution in [2.24, 2.45) is 0 Å². The first kappa shape index (κ1) is 8.41. The predicted molar refractivity (Wildman–Crippen MR) is 34.1 cm³/mol. The van der Waals surface area contributed by atoms with E-state index in [0.717, 1.165) is 4.47 Å². The van der Waals surface area contributed by atoms with Crippen LogP contribution in [0, 0.1) is 0 Å². The Morgan fingerprint density at radius 3 is 1.75 bits per heavy atom. The fourth-order valence-corrected chi connectivity index (χ4v) is 0.720. The van der Waals surface area contributed by atoms with Crippen molar-refractivity contribution in [3.8, 4) is 0 Å². The van der Waals surface area contributed by atoms with Crippen molar-refractivity contribution in [3.05, 3.63) is 34.8 Å². The van der Waals surface area contributed by atoms with E-state index in [2.05, 4.69) is 15.9 Å². The van der Waals surface area contributed by atoms with Gasteiger partial charge in [0.2, 0.25) is 0 Å². The van der Waals surface area contributed by atoms with Gasteiger partial charge < -0.3 is 0 Å². The van der Waals surface area contributed by atoms with E-state index in [0.29, 0.717) is 0 Å². The Morgan fingerprint density at radius 2 is 1.50 bits per heavy atom. The molecule has 0 aliphatic carbocycles. The van der Waals surface area contributed by atoms with Crippen molar-refractivity contribution in [1.82, 2.24) is 0 Å². The second kappa shape index (κ2) is 4.31. The summed E-state index contributed by atoms with van der Waals surface area (Å²) in [4.78, 5) is 0. The molecule has 1 rings (SSSR count). The molecule has 0 nitrogen and oxygen atoms in total. The standard InChI is InChI=1S/C6H5Br.Ti/c7-6-4-2-1-3-5-6;/h1-5H;. The van der Waals surface area contributed by atoms with Gasteiger partial charge in [0.25, 0.3) is 0 Å². The minimum atomic E-state index is 0. The fourth-order valence-electron chi connectivity index (χ4n) is 0.415. The van der Waals surface area contributed by atoms with Gasteiger partial charge in [0.15, 0.2) is 0 Å². The Balaban J connectivity index is 0.000000490. The predicted octanol–water partition coefficient (Wildman–Crippen LogP) is 2.45. The molecule has 2 heteroatoms. The van der Waals surface area contributed by atoms with Crippen LogP contribution in [0.15, 0.2) is 34.8 Å². The third-order valence-corrected chi connectivity index (χ3v) is 1.26. The molecule has 0 N–H and O–H groups in total. The van der Waals surface area contributed by atoms with Crippen LogP contribution >= 0.6 is 15.9 Å². The van der Waals surface area contributed by atoms with Gasteiger partial charge in [-0.25, -0.2) is 0 Å². The van der Waals surface area contributed by atoms with E-state index < -0.39 is 0 Å². The van der Waals surface area contributed by atoms with E-state index in [1.54, 1.807) is 0 Å². The number of hydrogen-bond donors (Lipinski definition) is 0. The van der Waals surface area contributed by atoms with E-state index in [4.69, 9.17) is 0 Å². The Hall–Kier alpha value is 0.414. The van der Waals surface area contributed by atoms with Crippen LogP contribution in [0.1, 0.15) is 0 Å². The molecule has 1 aromatic carbocycles. The third-order valence-electron chi connectivity index (χ3n) is 0.733. The summed E-state index contributed by atoms with van der Waals surface area (Å²) in [7, 11) is 0. The van der Waals surface area contributed by atoms with Gasteiger partial charge in [-0.1, -0.05) is 34.1 Å². The van der Waals surface area contributed by atoms with Crippen LogP contribution in [0.3, 0.4) is 0 Å². The molecule has 0 aromatic heterocycles. The van der Waals surface area contributed by atoms with Gasteiger partial charge >= 0.3 is 0 Å². The van der Waals surface area contributed by atoms with Crippen LogP contribution in [-0.4, -0.2) is 0 Å². The molecule has 8 heavy (non-hydrogen) atoms. The Labute approximate surface area is 72.3 Å². The van der Waals surface area contributed by atoms with Crippen molar-refractivity contribution in [2.45, 2.75) is 0 Å². The van der Waals surface area contributed by atoms with Gasteiger partial charge in [0.1, 0.15) is 0 Å². The van der Waals surface area contributed by atoms with Crippen LogP contribution in [0.2, 0.25) is 0 Å². The smallest absolute Gasteiger partial charge is 0.0175 e. The van der Waals surface area contributed by atoms with Crippen molar-refractivity contribution >= 4 is 15.9 Å². The Kier molecular flexibility index (Phi) is 4.53. The summed E-state index contributed by atoms with van der Waals surface area (Å²) in [6.45, 7) is 0. The molecule has 0 aliphatic heterocycles. The third kappa shape index (κ3) is 2.66. The first-order valence-electron chi connectivity index (χ1n) is 2.10. The summed E-state index contributed by atoms with van der Waals surface area (Å²) in [5, 5.41) is 0. The second-order valence-electron chi connectivity index (χ2n) is 1.30. The van der Waals surface area contributed by atoms with Gasteiger partial charge in [0.05, 0.1) is 0 Å². The first-order chi connectivity index (χ1) is 3.39. The summed E-state index contributed by atoms with van der Waals surface area (Å²) in [6.07, 6.45) is 0. The second-order valence-corrected chi connectivity index (χ2v) is 2.21. The van der Waals surface area contributed by atoms with Gasteiger partial charge in [-0.3, -0.25) is 0 Å². The summed E-state index contributed by atoms with van der Waals surface area (Å²) in [5.74, 6) is 0. The van der Waals surface area contributed by atoms with Crippen molar-refractivity contribution in [2.75, 3.05) is 0 Å². The zero-order chi connectivity index (χ0) is 5.11. The number of benzene rings is 1. The minimum Gasteiger partial charge on any atom is -0.0622 e. The van der Waals surface area contributed by atoms with Gasteiger partial charge in [-0.05, 0) is 12.1 Å². The number of hydrogen-bond acceptors (Lipinski definition) is 0. The first-order valence-corrected chi connectivity index (χ1v) is 2.89. The molecule has 40 valence electrons. The molecule has 0 radical (unpaired) electrons. The molecule has 0 bridgehead atoms. The maximum Gasteiger partial charge on any atom is 0.0175 e. The monoisotopic (exact) mass is 204 g/mol. The van der Waals surface area contributed by atoms with Crippen LogP contribution in [0.5, 0.6) is 0 Å². The normalized spacial score (nSPS) is 7.62. The van der Waals surface area contributed by atoms with E-state index in [9.17, 15) is 0 Å². The molecule has 0 aliphatic rings. The van der Waals surface area contributed by atoms with Crippen molar-refractivity contribution < 1.29 is 21.7 Å². The summed E-state index contributed by atoms with van der Waals surface area (Å²) in [6, 6.07) is 9.97. The summed E-state index contributed by atoms with van der Waals surface area (Å²) >= 11 is 3.31. The maximum atomic E-state index is 3.31. The zero-order valence-corrected chi connectivity index (χ0v) is 7.41. The fraction of sp³-hybridized carbons (Fsp3) is 0.